The summed E-state index contributed by atoms with van der Waals surface area (Å²) in [4.78, 5) is 23.7. The maximum Gasteiger partial charge on any atom is 0.320 e. The predicted octanol–water partition coefficient (Wildman–Crippen LogP) is 3.31. The Bertz CT molecular complexity index is 425. The molecule has 0 aliphatic rings. The molecule has 21 heavy (non-hydrogen) atoms. The zero-order valence-corrected chi connectivity index (χ0v) is 13.0. The first-order chi connectivity index (χ1) is 10.1. The number of hydrogen-bond donors (Lipinski definition) is 0. The maximum absolute atomic E-state index is 11.8. The fourth-order valence-electron chi connectivity index (χ4n) is 2.45. The summed E-state index contributed by atoms with van der Waals surface area (Å²) in [7, 11) is 2.59. The van der Waals surface area contributed by atoms with Crippen LogP contribution in [0.4, 0.5) is 0 Å². The highest BCUT2D eigenvalue weighted by Crippen LogP contribution is 2.30. The van der Waals surface area contributed by atoms with E-state index in [1.54, 1.807) is 0 Å². The highest BCUT2D eigenvalue weighted by molar-refractivity contribution is 5.94. The molecule has 1 atom stereocenters. The van der Waals surface area contributed by atoms with Crippen LogP contribution in [-0.2, 0) is 19.1 Å². The third-order valence-electron chi connectivity index (χ3n) is 3.67. The Kier molecular flexibility index (Phi) is 7.51. The summed E-state index contributed by atoms with van der Waals surface area (Å²) in [5.41, 5.74) is 1.14. The molecule has 0 N–H and O–H groups in total. The molecule has 0 aliphatic heterocycles. The molecule has 0 saturated heterocycles. The van der Waals surface area contributed by atoms with Crippen molar-refractivity contribution < 1.29 is 19.1 Å². The Balaban J connectivity index is 2.91. The Labute approximate surface area is 126 Å². The van der Waals surface area contributed by atoms with Crippen molar-refractivity contribution in [3.05, 3.63) is 35.9 Å². The van der Waals surface area contributed by atoms with Crippen molar-refractivity contribution in [3.63, 3.8) is 0 Å². The van der Waals surface area contributed by atoms with Crippen LogP contribution in [0.5, 0.6) is 0 Å². The molecule has 1 aromatic carbocycles. The fraction of sp³-hybridized carbons (Fsp3) is 0.529. The van der Waals surface area contributed by atoms with E-state index >= 15 is 0 Å². The topological polar surface area (TPSA) is 52.6 Å². The van der Waals surface area contributed by atoms with E-state index in [0.29, 0.717) is 6.42 Å². The smallest absolute Gasteiger partial charge is 0.320 e. The van der Waals surface area contributed by atoms with Gasteiger partial charge < -0.3 is 9.47 Å². The average Bonchev–Trinajstić information content (AvgIpc) is 2.54. The van der Waals surface area contributed by atoms with Crippen molar-refractivity contribution in [2.75, 3.05) is 14.2 Å². The SMILES string of the molecule is CCCCC(CC(C(=O)OC)C(=O)OC)c1ccccc1. The minimum atomic E-state index is -0.859. The van der Waals surface area contributed by atoms with Crippen LogP contribution in [0.25, 0.3) is 0 Å². The molecule has 0 aromatic heterocycles. The van der Waals surface area contributed by atoms with Gasteiger partial charge in [-0.2, -0.15) is 0 Å². The van der Waals surface area contributed by atoms with E-state index in [2.05, 4.69) is 6.92 Å². The molecule has 116 valence electrons. The summed E-state index contributed by atoms with van der Waals surface area (Å²) in [6.45, 7) is 2.13. The van der Waals surface area contributed by atoms with Gasteiger partial charge in [0.15, 0.2) is 5.92 Å². The molecule has 1 aromatic rings. The summed E-state index contributed by atoms with van der Waals surface area (Å²) in [5, 5.41) is 0. The first kappa shape index (κ1) is 17.2. The standard InChI is InChI=1S/C17H24O4/c1-4-5-9-14(13-10-7-6-8-11-13)12-15(16(18)20-2)17(19)21-3/h6-8,10-11,14-15H,4-5,9,12H2,1-3H3. The second-order valence-electron chi connectivity index (χ2n) is 5.08. The van der Waals surface area contributed by atoms with Crippen molar-refractivity contribution in [1.82, 2.24) is 0 Å². The lowest BCUT2D eigenvalue weighted by Crippen LogP contribution is -2.28. The van der Waals surface area contributed by atoms with E-state index in [-0.39, 0.29) is 5.92 Å². The van der Waals surface area contributed by atoms with E-state index in [9.17, 15) is 9.59 Å². The van der Waals surface area contributed by atoms with Crippen molar-refractivity contribution in [2.24, 2.45) is 5.92 Å². The van der Waals surface area contributed by atoms with Gasteiger partial charge in [-0.25, -0.2) is 0 Å². The third-order valence-corrected chi connectivity index (χ3v) is 3.67. The Hall–Kier alpha value is -1.84. The highest BCUT2D eigenvalue weighted by atomic mass is 16.5. The molecule has 0 radical (unpaired) electrons. The Morgan fingerprint density at radius 3 is 2.10 bits per heavy atom. The minimum Gasteiger partial charge on any atom is -0.468 e. The van der Waals surface area contributed by atoms with E-state index in [1.807, 2.05) is 30.3 Å². The number of methoxy groups -OCH3 is 2. The van der Waals surface area contributed by atoms with Gasteiger partial charge in [-0.05, 0) is 24.3 Å². The van der Waals surface area contributed by atoms with Crippen LogP contribution in [0.2, 0.25) is 0 Å². The van der Waals surface area contributed by atoms with Crippen LogP contribution in [0.3, 0.4) is 0 Å². The molecular formula is C17H24O4. The fourth-order valence-corrected chi connectivity index (χ4v) is 2.45. The zero-order valence-electron chi connectivity index (χ0n) is 13.0. The highest BCUT2D eigenvalue weighted by Gasteiger charge is 2.31. The molecule has 1 rings (SSSR count). The van der Waals surface area contributed by atoms with Gasteiger partial charge in [-0.15, -0.1) is 0 Å². The van der Waals surface area contributed by atoms with Crippen molar-refractivity contribution in [2.45, 2.75) is 38.5 Å². The molecule has 1 unspecified atom stereocenters. The lowest BCUT2D eigenvalue weighted by atomic mass is 9.85. The van der Waals surface area contributed by atoms with Crippen LogP contribution in [0.1, 0.15) is 44.1 Å². The quantitative estimate of drug-likeness (QED) is 0.545. The maximum atomic E-state index is 11.8. The predicted molar refractivity (Wildman–Crippen MR) is 80.8 cm³/mol. The number of carbonyl (C=O) groups excluding carboxylic acids is 2. The molecule has 0 saturated carbocycles. The van der Waals surface area contributed by atoms with Gasteiger partial charge in [0.25, 0.3) is 0 Å². The summed E-state index contributed by atoms with van der Waals surface area (Å²) < 4.78 is 9.47. The van der Waals surface area contributed by atoms with Crippen LogP contribution in [0, 0.1) is 5.92 Å². The minimum absolute atomic E-state index is 0.148. The second-order valence-corrected chi connectivity index (χ2v) is 5.08. The molecular weight excluding hydrogens is 268 g/mol. The van der Waals surface area contributed by atoms with Gasteiger partial charge >= 0.3 is 11.9 Å². The second kappa shape index (κ2) is 9.16. The first-order valence-corrected chi connectivity index (χ1v) is 7.34. The Morgan fingerprint density at radius 2 is 1.62 bits per heavy atom. The molecule has 4 heteroatoms. The number of rotatable bonds is 8. The van der Waals surface area contributed by atoms with Gasteiger partial charge in [0.1, 0.15) is 0 Å². The summed E-state index contributed by atoms with van der Waals surface area (Å²) >= 11 is 0. The van der Waals surface area contributed by atoms with Crippen molar-refractivity contribution >= 4 is 11.9 Å². The summed E-state index contributed by atoms with van der Waals surface area (Å²) in [6.07, 6.45) is 3.48. The van der Waals surface area contributed by atoms with Gasteiger partial charge in [0.2, 0.25) is 0 Å². The number of esters is 2. The summed E-state index contributed by atoms with van der Waals surface area (Å²) in [6, 6.07) is 9.97. The normalized spacial score (nSPS) is 12.0. The largest absolute Gasteiger partial charge is 0.468 e. The van der Waals surface area contributed by atoms with Crippen LogP contribution in [-0.4, -0.2) is 26.2 Å². The number of carbonyl (C=O) groups is 2. The van der Waals surface area contributed by atoms with E-state index in [0.717, 1.165) is 24.8 Å². The van der Waals surface area contributed by atoms with Crippen LogP contribution in [0.15, 0.2) is 30.3 Å². The monoisotopic (exact) mass is 292 g/mol. The lowest BCUT2D eigenvalue weighted by molar-refractivity contribution is -0.159. The molecule has 0 spiro atoms. The first-order valence-electron chi connectivity index (χ1n) is 7.34. The zero-order chi connectivity index (χ0) is 15.7. The molecule has 0 aliphatic carbocycles. The van der Waals surface area contributed by atoms with Gasteiger partial charge in [0.05, 0.1) is 14.2 Å². The molecule has 0 heterocycles. The number of benzene rings is 1. The van der Waals surface area contributed by atoms with Crippen LogP contribution < -0.4 is 0 Å². The molecule has 0 fully saturated rings. The third kappa shape index (κ3) is 5.21. The van der Waals surface area contributed by atoms with Gasteiger partial charge in [-0.3, -0.25) is 9.59 Å². The van der Waals surface area contributed by atoms with Crippen molar-refractivity contribution in [3.8, 4) is 0 Å². The van der Waals surface area contributed by atoms with Crippen molar-refractivity contribution in [1.29, 1.82) is 0 Å². The molecule has 0 bridgehead atoms. The van der Waals surface area contributed by atoms with Gasteiger partial charge in [-0.1, -0.05) is 50.1 Å². The van der Waals surface area contributed by atoms with E-state index in [4.69, 9.17) is 9.47 Å². The van der Waals surface area contributed by atoms with Crippen LogP contribution >= 0.6 is 0 Å². The molecule has 4 nitrogen and oxygen atoms in total. The van der Waals surface area contributed by atoms with Gasteiger partial charge in [0, 0.05) is 0 Å². The lowest BCUT2D eigenvalue weighted by Gasteiger charge is -2.21. The van der Waals surface area contributed by atoms with E-state index < -0.39 is 17.9 Å². The average molecular weight is 292 g/mol. The number of ether oxygens (including phenoxy) is 2. The molecule has 0 amide bonds. The number of hydrogen-bond acceptors (Lipinski definition) is 4. The Morgan fingerprint density at radius 1 is 1.05 bits per heavy atom. The number of unbranched alkanes of at least 4 members (excludes halogenated alkanes) is 1. The van der Waals surface area contributed by atoms with E-state index in [1.165, 1.54) is 14.2 Å². The summed E-state index contributed by atoms with van der Waals surface area (Å²) in [5.74, 6) is -1.77.